The summed E-state index contributed by atoms with van der Waals surface area (Å²) < 4.78 is 5.45. The Morgan fingerprint density at radius 3 is 2.56 bits per heavy atom. The first-order valence-electron chi connectivity index (χ1n) is 10.8. The Kier molecular flexibility index (Phi) is 7.00. The number of nitrogen functional groups attached to an aromatic ring is 1. The Morgan fingerprint density at radius 2 is 1.74 bits per heavy atom. The molecule has 9 nitrogen and oxygen atoms in total. The zero-order valence-corrected chi connectivity index (χ0v) is 19.9. The molecule has 34 heavy (non-hydrogen) atoms. The van der Waals surface area contributed by atoms with E-state index in [4.69, 9.17) is 32.0 Å². The van der Waals surface area contributed by atoms with E-state index in [2.05, 4.69) is 25.2 Å². The van der Waals surface area contributed by atoms with E-state index < -0.39 is 0 Å². The topological polar surface area (TPSA) is 115 Å². The number of ether oxygens (including phenoxy) is 1. The molecule has 0 spiro atoms. The Morgan fingerprint density at radius 1 is 0.941 bits per heavy atom. The van der Waals surface area contributed by atoms with Gasteiger partial charge in [0, 0.05) is 29.2 Å². The van der Waals surface area contributed by atoms with Crippen molar-refractivity contribution in [3.05, 3.63) is 65.2 Å². The standard InChI is InChI=1S/C23H23ClN8OS/c24-15-5-7-16(8-6-15)26-23-30-20(29-22(25)31-23)14-34-21-17-3-1-2-4-18(17)27-19(28-21)13-32-9-11-33-12-10-32/h1-8H,9-14H2,(H3,25,26,29,30,31). The molecule has 4 aromatic rings. The molecule has 1 fully saturated rings. The van der Waals surface area contributed by atoms with Crippen molar-refractivity contribution in [2.75, 3.05) is 37.4 Å². The van der Waals surface area contributed by atoms with Gasteiger partial charge in [-0.1, -0.05) is 41.6 Å². The molecule has 0 radical (unpaired) electrons. The first kappa shape index (κ1) is 22.7. The third-order valence-electron chi connectivity index (χ3n) is 5.22. The number of anilines is 3. The summed E-state index contributed by atoms with van der Waals surface area (Å²) in [7, 11) is 0. The Balaban J connectivity index is 1.35. The van der Waals surface area contributed by atoms with Crippen LogP contribution in [0.1, 0.15) is 11.6 Å². The molecule has 174 valence electrons. The maximum Gasteiger partial charge on any atom is 0.232 e. The number of fused-ring (bicyclic) bond motifs is 1. The molecule has 0 saturated carbocycles. The monoisotopic (exact) mass is 494 g/mol. The molecule has 2 aromatic carbocycles. The van der Waals surface area contributed by atoms with Crippen LogP contribution in [0.15, 0.2) is 53.6 Å². The lowest BCUT2D eigenvalue weighted by atomic mass is 10.2. The zero-order chi connectivity index (χ0) is 23.3. The summed E-state index contributed by atoms with van der Waals surface area (Å²) in [5, 5.41) is 5.69. The Bertz CT molecular complexity index is 1280. The number of nitrogens with one attached hydrogen (secondary N) is 1. The highest BCUT2D eigenvalue weighted by Gasteiger charge is 2.15. The van der Waals surface area contributed by atoms with Crippen molar-refractivity contribution in [3.8, 4) is 0 Å². The summed E-state index contributed by atoms with van der Waals surface area (Å²) >= 11 is 7.52. The normalized spacial score (nSPS) is 14.4. The highest BCUT2D eigenvalue weighted by molar-refractivity contribution is 7.98. The number of hydrogen-bond acceptors (Lipinski definition) is 10. The molecule has 1 aliphatic rings. The molecular weight excluding hydrogens is 472 g/mol. The number of hydrogen-bond donors (Lipinski definition) is 2. The second-order valence-corrected chi connectivity index (χ2v) is 9.11. The van der Waals surface area contributed by atoms with Crippen molar-refractivity contribution in [2.24, 2.45) is 0 Å². The molecule has 0 unspecified atom stereocenters. The van der Waals surface area contributed by atoms with Gasteiger partial charge in [0.05, 0.1) is 31.0 Å². The summed E-state index contributed by atoms with van der Waals surface area (Å²) in [5.74, 6) is 2.38. The Labute approximate surface area is 206 Å². The van der Waals surface area contributed by atoms with Crippen LogP contribution < -0.4 is 11.1 Å². The van der Waals surface area contributed by atoms with Gasteiger partial charge in [0.15, 0.2) is 0 Å². The van der Waals surface area contributed by atoms with E-state index in [1.807, 2.05) is 36.4 Å². The molecule has 5 rings (SSSR count). The smallest absolute Gasteiger partial charge is 0.232 e. The van der Waals surface area contributed by atoms with Crippen LogP contribution in [0.3, 0.4) is 0 Å². The van der Waals surface area contributed by atoms with Gasteiger partial charge < -0.3 is 15.8 Å². The van der Waals surface area contributed by atoms with Gasteiger partial charge >= 0.3 is 0 Å². The van der Waals surface area contributed by atoms with Gasteiger partial charge in [0.25, 0.3) is 0 Å². The first-order chi connectivity index (χ1) is 16.6. The third kappa shape index (κ3) is 5.71. The minimum absolute atomic E-state index is 0.155. The van der Waals surface area contributed by atoms with Crippen LogP contribution in [-0.2, 0) is 17.0 Å². The SMILES string of the molecule is Nc1nc(CSc2nc(CN3CCOCC3)nc3ccccc23)nc(Nc2ccc(Cl)cc2)n1. The maximum atomic E-state index is 5.96. The van der Waals surface area contributed by atoms with Gasteiger partial charge in [-0.3, -0.25) is 4.90 Å². The first-order valence-corrected chi connectivity index (χ1v) is 12.2. The van der Waals surface area contributed by atoms with Gasteiger partial charge in [-0.2, -0.15) is 15.0 Å². The highest BCUT2D eigenvalue weighted by Crippen LogP contribution is 2.28. The lowest BCUT2D eigenvalue weighted by Gasteiger charge is -2.25. The van der Waals surface area contributed by atoms with Crippen LogP contribution in [0.4, 0.5) is 17.6 Å². The van der Waals surface area contributed by atoms with Crippen LogP contribution in [-0.4, -0.2) is 56.1 Å². The molecule has 3 N–H and O–H groups in total. The van der Waals surface area contributed by atoms with Gasteiger partial charge in [0.1, 0.15) is 16.7 Å². The van der Waals surface area contributed by atoms with Crippen molar-refractivity contribution in [1.82, 2.24) is 29.8 Å². The number of rotatable bonds is 7. The van der Waals surface area contributed by atoms with Crippen molar-refractivity contribution in [3.63, 3.8) is 0 Å². The van der Waals surface area contributed by atoms with Gasteiger partial charge in [0.2, 0.25) is 11.9 Å². The van der Waals surface area contributed by atoms with Crippen LogP contribution in [0.2, 0.25) is 5.02 Å². The maximum absolute atomic E-state index is 5.96. The second kappa shape index (κ2) is 10.5. The van der Waals surface area contributed by atoms with E-state index in [1.54, 1.807) is 23.9 Å². The molecule has 0 aliphatic carbocycles. The van der Waals surface area contributed by atoms with Crippen molar-refractivity contribution >= 4 is 51.8 Å². The third-order valence-corrected chi connectivity index (χ3v) is 6.46. The lowest BCUT2D eigenvalue weighted by Crippen LogP contribution is -2.36. The van der Waals surface area contributed by atoms with Crippen LogP contribution >= 0.6 is 23.4 Å². The molecule has 0 atom stereocenters. The molecular formula is C23H23ClN8OS. The molecule has 0 amide bonds. The highest BCUT2D eigenvalue weighted by atomic mass is 35.5. The van der Waals surface area contributed by atoms with E-state index in [9.17, 15) is 0 Å². The number of aromatic nitrogens is 5. The second-order valence-electron chi connectivity index (χ2n) is 7.70. The number of halogens is 1. The number of nitrogens with two attached hydrogens (primary N) is 1. The van der Waals surface area contributed by atoms with E-state index in [0.717, 1.165) is 53.7 Å². The average Bonchev–Trinajstić information content (AvgIpc) is 2.84. The van der Waals surface area contributed by atoms with E-state index in [1.165, 1.54) is 0 Å². The number of thioether (sulfide) groups is 1. The van der Waals surface area contributed by atoms with Crippen LogP contribution in [0.25, 0.3) is 10.9 Å². The largest absolute Gasteiger partial charge is 0.379 e. The molecule has 2 aromatic heterocycles. The van der Waals surface area contributed by atoms with Crippen LogP contribution in [0, 0.1) is 0 Å². The van der Waals surface area contributed by atoms with E-state index in [0.29, 0.717) is 29.1 Å². The molecule has 3 heterocycles. The fourth-order valence-electron chi connectivity index (χ4n) is 3.59. The van der Waals surface area contributed by atoms with Gasteiger partial charge in [-0.25, -0.2) is 9.97 Å². The molecule has 1 aliphatic heterocycles. The van der Waals surface area contributed by atoms with Crippen LogP contribution in [0.5, 0.6) is 0 Å². The number of morpholine rings is 1. The quantitative estimate of drug-likeness (QED) is 0.289. The predicted octanol–water partition coefficient (Wildman–Crippen LogP) is 3.92. The minimum atomic E-state index is 0.155. The fourth-order valence-corrected chi connectivity index (χ4v) is 4.61. The van der Waals surface area contributed by atoms with E-state index >= 15 is 0 Å². The van der Waals surface area contributed by atoms with Gasteiger partial charge in [-0.05, 0) is 30.3 Å². The average molecular weight is 495 g/mol. The minimum Gasteiger partial charge on any atom is -0.379 e. The Hall–Kier alpha value is -3.05. The summed E-state index contributed by atoms with van der Waals surface area (Å²) in [6.45, 7) is 3.93. The molecule has 0 bridgehead atoms. The predicted molar refractivity (Wildman–Crippen MR) is 134 cm³/mol. The zero-order valence-electron chi connectivity index (χ0n) is 18.3. The summed E-state index contributed by atoms with van der Waals surface area (Å²) in [6.07, 6.45) is 0. The van der Waals surface area contributed by atoms with Crippen molar-refractivity contribution in [1.29, 1.82) is 0 Å². The molecule has 11 heteroatoms. The number of nitrogens with zero attached hydrogens (tertiary/aromatic N) is 6. The van der Waals surface area contributed by atoms with Crippen molar-refractivity contribution in [2.45, 2.75) is 17.3 Å². The summed E-state index contributed by atoms with van der Waals surface area (Å²) in [6, 6.07) is 15.3. The molecule has 1 saturated heterocycles. The number of benzene rings is 2. The fraction of sp³-hybridized carbons (Fsp3) is 0.261. The van der Waals surface area contributed by atoms with Crippen molar-refractivity contribution < 1.29 is 4.74 Å². The lowest BCUT2D eigenvalue weighted by molar-refractivity contribution is 0.0330. The summed E-state index contributed by atoms with van der Waals surface area (Å²) in [4.78, 5) is 25.0. The van der Waals surface area contributed by atoms with Gasteiger partial charge in [-0.15, -0.1) is 0 Å². The summed E-state index contributed by atoms with van der Waals surface area (Å²) in [5.41, 5.74) is 7.68. The number of para-hydroxylation sites is 1. The van der Waals surface area contributed by atoms with E-state index in [-0.39, 0.29) is 5.95 Å².